The highest BCUT2D eigenvalue weighted by molar-refractivity contribution is 7.23. The molecule has 3 heterocycles. The predicted molar refractivity (Wildman–Crippen MR) is 125 cm³/mol. The number of thiophene rings is 1. The molecule has 0 amide bonds. The fourth-order valence-corrected chi connectivity index (χ4v) is 6.17. The summed E-state index contributed by atoms with van der Waals surface area (Å²) in [5.74, 6) is 0.126. The molecule has 1 aliphatic heterocycles. The van der Waals surface area contributed by atoms with Gasteiger partial charge in [-0.05, 0) is 42.0 Å². The largest absolute Gasteiger partial charge is 0.383 e. The number of aromatic nitrogens is 1. The molecule has 156 valence electrons. The Kier molecular flexibility index (Phi) is 4.40. The lowest BCUT2D eigenvalue weighted by Crippen LogP contribution is -2.33. The zero-order valence-electron chi connectivity index (χ0n) is 17.5. The van der Waals surface area contributed by atoms with Crippen LogP contribution in [-0.2, 0) is 4.79 Å². The number of nitrogen functional groups attached to an aromatic ring is 1. The molecule has 5 rings (SSSR count). The Labute approximate surface area is 189 Å². The van der Waals surface area contributed by atoms with Gasteiger partial charge in [0, 0.05) is 34.2 Å². The fourth-order valence-electron chi connectivity index (χ4n) is 4.84. The van der Waals surface area contributed by atoms with E-state index in [9.17, 15) is 10.1 Å². The molecule has 2 aromatic heterocycles. The molecule has 0 saturated carbocycles. The molecule has 1 aromatic carbocycles. The average Bonchev–Trinajstić information content (AvgIpc) is 3.05. The highest BCUT2D eigenvalue weighted by atomic mass is 35.5. The van der Waals surface area contributed by atoms with Crippen LogP contribution in [0, 0.1) is 23.7 Å². The Morgan fingerprint density at radius 3 is 2.68 bits per heavy atom. The molecule has 0 saturated heterocycles. The van der Waals surface area contributed by atoms with E-state index in [2.05, 4.69) is 30.2 Å². The summed E-state index contributed by atoms with van der Waals surface area (Å²) in [5.41, 5.74) is 11.8. The van der Waals surface area contributed by atoms with Crippen LogP contribution < -0.4 is 11.1 Å². The van der Waals surface area contributed by atoms with E-state index >= 15 is 0 Å². The van der Waals surface area contributed by atoms with E-state index in [1.807, 2.05) is 31.2 Å². The van der Waals surface area contributed by atoms with Crippen LogP contribution in [0.3, 0.4) is 0 Å². The molecule has 0 radical (unpaired) electrons. The van der Waals surface area contributed by atoms with Gasteiger partial charge in [0.15, 0.2) is 5.78 Å². The maximum atomic E-state index is 13.4. The predicted octanol–water partition coefficient (Wildman–Crippen LogP) is 5.91. The summed E-state index contributed by atoms with van der Waals surface area (Å²) in [6.45, 7) is 6.15. The number of ketones is 1. The fraction of sp³-hybridized carbons (Fsp3) is 0.292. The van der Waals surface area contributed by atoms with E-state index in [-0.39, 0.29) is 22.9 Å². The molecule has 1 unspecified atom stereocenters. The number of nitriles is 1. The molecular formula is C24H21ClN4OS. The molecule has 0 spiro atoms. The van der Waals surface area contributed by atoms with E-state index in [0.29, 0.717) is 17.0 Å². The zero-order valence-corrected chi connectivity index (χ0v) is 19.0. The Balaban J connectivity index is 1.83. The average molecular weight is 449 g/mol. The molecule has 1 aliphatic carbocycles. The molecule has 31 heavy (non-hydrogen) atoms. The van der Waals surface area contributed by atoms with Crippen LogP contribution in [0.2, 0.25) is 5.02 Å². The van der Waals surface area contributed by atoms with Crippen molar-refractivity contribution in [2.24, 2.45) is 5.41 Å². The van der Waals surface area contributed by atoms with E-state index in [4.69, 9.17) is 17.3 Å². The SMILES string of the molecule is Cc1c(C#N)c(N)nc2c3c(sc12)NC1=C(C(=O)CC(C)(C)C1)C3c1ccc(Cl)cc1. The summed E-state index contributed by atoms with van der Waals surface area (Å²) >= 11 is 7.73. The van der Waals surface area contributed by atoms with Gasteiger partial charge in [-0.15, -0.1) is 11.3 Å². The summed E-state index contributed by atoms with van der Waals surface area (Å²) in [6, 6.07) is 9.83. The van der Waals surface area contributed by atoms with Crippen LogP contribution in [0.5, 0.6) is 0 Å². The van der Waals surface area contributed by atoms with E-state index in [1.165, 1.54) is 0 Å². The summed E-state index contributed by atoms with van der Waals surface area (Å²) in [4.78, 5) is 18.0. The number of fused-ring (bicyclic) bond motifs is 3. The number of carbonyl (C=O) groups is 1. The number of rotatable bonds is 1. The van der Waals surface area contributed by atoms with Crippen molar-refractivity contribution in [2.75, 3.05) is 11.1 Å². The number of benzene rings is 1. The summed E-state index contributed by atoms with van der Waals surface area (Å²) in [6.07, 6.45) is 1.30. The number of anilines is 2. The number of nitrogens with zero attached hydrogens (tertiary/aromatic N) is 2. The lowest BCUT2D eigenvalue weighted by Gasteiger charge is -2.38. The number of nitrogens with two attached hydrogens (primary N) is 1. The summed E-state index contributed by atoms with van der Waals surface area (Å²) < 4.78 is 0.925. The van der Waals surface area contributed by atoms with Crippen LogP contribution in [0.1, 0.15) is 54.9 Å². The van der Waals surface area contributed by atoms with Crippen molar-refractivity contribution < 1.29 is 4.79 Å². The van der Waals surface area contributed by atoms with Gasteiger partial charge in [0.1, 0.15) is 11.9 Å². The number of pyridine rings is 1. The maximum Gasteiger partial charge on any atom is 0.162 e. The smallest absolute Gasteiger partial charge is 0.162 e. The molecule has 7 heteroatoms. The highest BCUT2D eigenvalue weighted by Crippen LogP contribution is 2.54. The molecular weight excluding hydrogens is 428 g/mol. The van der Waals surface area contributed by atoms with E-state index in [0.717, 1.165) is 49.6 Å². The first kappa shape index (κ1) is 20.0. The first-order valence-electron chi connectivity index (χ1n) is 10.1. The first-order chi connectivity index (χ1) is 14.7. The Morgan fingerprint density at radius 1 is 1.29 bits per heavy atom. The van der Waals surface area contributed by atoms with Crippen LogP contribution in [0.4, 0.5) is 10.8 Å². The molecule has 3 N–H and O–H groups in total. The molecule has 0 bridgehead atoms. The second kappa shape index (κ2) is 6.81. The third kappa shape index (κ3) is 3.03. The van der Waals surface area contributed by atoms with Crippen LogP contribution in [-0.4, -0.2) is 10.8 Å². The van der Waals surface area contributed by atoms with Gasteiger partial charge in [-0.2, -0.15) is 5.26 Å². The van der Waals surface area contributed by atoms with Crippen molar-refractivity contribution >= 4 is 49.8 Å². The lowest BCUT2D eigenvalue weighted by atomic mass is 9.69. The topological polar surface area (TPSA) is 91.8 Å². The number of aryl methyl sites for hydroxylation is 1. The standard InChI is InChI=1S/C24H21ClN4OS/c1-11-14(10-26)22(27)29-20-19-17(12-4-6-13(25)7-5-12)18-15(28-23(19)31-21(11)20)8-24(2,3)9-16(18)30/h4-7,17,28H,8-9H2,1-3H3,(H2,27,29). The molecule has 2 aliphatic rings. The zero-order chi connectivity index (χ0) is 22.1. The van der Waals surface area contributed by atoms with E-state index < -0.39 is 0 Å². The Bertz CT molecular complexity index is 1340. The number of hydrogen-bond donors (Lipinski definition) is 2. The second-order valence-corrected chi connectivity index (χ2v) is 10.5. The summed E-state index contributed by atoms with van der Waals surface area (Å²) in [5, 5.41) is 14.7. The summed E-state index contributed by atoms with van der Waals surface area (Å²) in [7, 11) is 0. The van der Waals surface area contributed by atoms with Crippen LogP contribution in [0.15, 0.2) is 35.5 Å². The van der Waals surface area contributed by atoms with E-state index in [1.54, 1.807) is 11.3 Å². The number of allylic oxidation sites excluding steroid dienone is 2. The van der Waals surface area contributed by atoms with Gasteiger partial charge in [0.25, 0.3) is 0 Å². The normalized spacial score (nSPS) is 19.6. The monoisotopic (exact) mass is 448 g/mol. The highest BCUT2D eigenvalue weighted by Gasteiger charge is 2.42. The molecule has 1 atom stereocenters. The second-order valence-electron chi connectivity index (χ2n) is 9.07. The third-order valence-electron chi connectivity index (χ3n) is 6.20. The van der Waals surface area contributed by atoms with Crippen molar-refractivity contribution in [3.8, 4) is 6.07 Å². The molecule has 3 aromatic rings. The Morgan fingerprint density at radius 2 is 2.00 bits per heavy atom. The minimum Gasteiger partial charge on any atom is -0.383 e. The van der Waals surface area contributed by atoms with Crippen molar-refractivity contribution in [3.63, 3.8) is 0 Å². The van der Waals surface area contributed by atoms with Crippen molar-refractivity contribution in [2.45, 2.75) is 39.5 Å². The number of nitrogens with one attached hydrogen (secondary N) is 1. The number of carbonyl (C=O) groups excluding carboxylic acids is 1. The van der Waals surface area contributed by atoms with Crippen molar-refractivity contribution in [1.29, 1.82) is 5.26 Å². The van der Waals surface area contributed by atoms with Gasteiger partial charge in [0.2, 0.25) is 0 Å². The number of halogens is 1. The van der Waals surface area contributed by atoms with Crippen molar-refractivity contribution in [3.05, 3.63) is 62.8 Å². The van der Waals surface area contributed by atoms with Gasteiger partial charge < -0.3 is 11.1 Å². The van der Waals surface area contributed by atoms with Crippen molar-refractivity contribution in [1.82, 2.24) is 4.98 Å². The number of hydrogen-bond acceptors (Lipinski definition) is 6. The quantitative estimate of drug-likeness (QED) is 0.482. The van der Waals surface area contributed by atoms with Gasteiger partial charge in [-0.3, -0.25) is 4.79 Å². The maximum absolute atomic E-state index is 13.4. The van der Waals surface area contributed by atoms with Gasteiger partial charge in [-0.25, -0.2) is 4.98 Å². The van der Waals surface area contributed by atoms with Crippen LogP contribution >= 0.6 is 22.9 Å². The minimum absolute atomic E-state index is 0.103. The molecule has 0 fully saturated rings. The lowest BCUT2D eigenvalue weighted by molar-refractivity contribution is -0.118. The number of Topliss-reactive ketones (excluding diaryl/α,β-unsaturated/α-hetero) is 1. The van der Waals surface area contributed by atoms with Gasteiger partial charge in [-0.1, -0.05) is 37.6 Å². The first-order valence-corrected chi connectivity index (χ1v) is 11.3. The molecule has 5 nitrogen and oxygen atoms in total. The van der Waals surface area contributed by atoms with Gasteiger partial charge >= 0.3 is 0 Å². The van der Waals surface area contributed by atoms with Crippen LogP contribution in [0.25, 0.3) is 10.2 Å². The van der Waals surface area contributed by atoms with Gasteiger partial charge in [0.05, 0.1) is 20.8 Å². The minimum atomic E-state index is -0.250. The Hall–Kier alpha value is -2.88. The third-order valence-corrected chi connectivity index (χ3v) is 7.68.